The SMILES string of the molecule is CCOC(=O)CNC(=O)[C@@H]1C[C@@H]2CC[C@@H]1C[C@@]21NC(=O)c2ccccc2O1. The quantitative estimate of drug-likeness (QED) is 0.784. The average molecular weight is 372 g/mol. The van der Waals surface area contributed by atoms with Gasteiger partial charge < -0.3 is 20.1 Å². The minimum atomic E-state index is -0.730. The van der Waals surface area contributed by atoms with E-state index in [1.807, 2.05) is 18.2 Å². The maximum atomic E-state index is 12.6. The van der Waals surface area contributed by atoms with Crippen LogP contribution in [0.25, 0.3) is 0 Å². The van der Waals surface area contributed by atoms with Gasteiger partial charge in [0, 0.05) is 18.3 Å². The molecule has 1 heterocycles. The molecule has 0 unspecified atom stereocenters. The summed E-state index contributed by atoms with van der Waals surface area (Å²) in [6.45, 7) is 1.92. The van der Waals surface area contributed by atoms with E-state index in [9.17, 15) is 14.4 Å². The molecule has 5 rings (SSSR count). The predicted molar refractivity (Wildman–Crippen MR) is 95.8 cm³/mol. The van der Waals surface area contributed by atoms with E-state index in [4.69, 9.17) is 9.47 Å². The van der Waals surface area contributed by atoms with Gasteiger partial charge in [-0.2, -0.15) is 0 Å². The molecule has 3 saturated carbocycles. The Morgan fingerprint density at radius 1 is 1.33 bits per heavy atom. The number of fused-ring (bicyclic) bond motifs is 3. The van der Waals surface area contributed by atoms with Crippen LogP contribution in [0.15, 0.2) is 24.3 Å². The second kappa shape index (κ2) is 6.87. The van der Waals surface area contributed by atoms with Crippen LogP contribution >= 0.6 is 0 Å². The van der Waals surface area contributed by atoms with Gasteiger partial charge in [0.2, 0.25) is 5.91 Å². The number of benzene rings is 1. The molecule has 0 aromatic heterocycles. The summed E-state index contributed by atoms with van der Waals surface area (Å²) in [5.41, 5.74) is -0.181. The second-order valence-corrected chi connectivity index (χ2v) is 7.55. The van der Waals surface area contributed by atoms with Crippen LogP contribution in [0.5, 0.6) is 5.75 Å². The first kappa shape index (κ1) is 17.8. The van der Waals surface area contributed by atoms with Crippen molar-refractivity contribution in [3.05, 3.63) is 29.8 Å². The average Bonchev–Trinajstić information content (AvgIpc) is 2.66. The molecule has 2 bridgehead atoms. The van der Waals surface area contributed by atoms with Crippen molar-refractivity contribution >= 4 is 17.8 Å². The molecule has 2 N–H and O–H groups in total. The molecule has 4 atom stereocenters. The Labute approximate surface area is 157 Å². The van der Waals surface area contributed by atoms with Gasteiger partial charge in [-0.05, 0) is 44.2 Å². The fourth-order valence-electron chi connectivity index (χ4n) is 4.78. The van der Waals surface area contributed by atoms with Gasteiger partial charge in [-0.3, -0.25) is 14.4 Å². The first-order valence-electron chi connectivity index (χ1n) is 9.56. The molecule has 1 aromatic rings. The molecule has 0 radical (unpaired) electrons. The minimum Gasteiger partial charge on any atom is -0.467 e. The Hall–Kier alpha value is -2.57. The lowest BCUT2D eigenvalue weighted by Gasteiger charge is -2.55. The zero-order valence-electron chi connectivity index (χ0n) is 15.3. The highest BCUT2D eigenvalue weighted by atomic mass is 16.5. The second-order valence-electron chi connectivity index (χ2n) is 7.55. The van der Waals surface area contributed by atoms with E-state index >= 15 is 0 Å². The molecule has 144 valence electrons. The zero-order chi connectivity index (χ0) is 19.0. The lowest BCUT2D eigenvalue weighted by atomic mass is 9.60. The van der Waals surface area contributed by atoms with E-state index in [0.717, 1.165) is 12.8 Å². The molecular formula is C20H24N2O5. The van der Waals surface area contributed by atoms with Crippen molar-refractivity contribution in [3.8, 4) is 5.75 Å². The summed E-state index contributed by atoms with van der Waals surface area (Å²) >= 11 is 0. The van der Waals surface area contributed by atoms with Crippen molar-refractivity contribution < 1.29 is 23.9 Å². The number of ether oxygens (including phenoxy) is 2. The van der Waals surface area contributed by atoms with Crippen molar-refractivity contribution in [3.63, 3.8) is 0 Å². The topological polar surface area (TPSA) is 93.7 Å². The molecule has 0 saturated heterocycles. The molecule has 3 aliphatic carbocycles. The fraction of sp³-hybridized carbons (Fsp3) is 0.550. The Morgan fingerprint density at radius 3 is 2.89 bits per heavy atom. The molecule has 3 fully saturated rings. The summed E-state index contributed by atoms with van der Waals surface area (Å²) in [5, 5.41) is 5.77. The fourth-order valence-corrected chi connectivity index (χ4v) is 4.78. The van der Waals surface area contributed by atoms with Gasteiger partial charge in [-0.15, -0.1) is 0 Å². The summed E-state index contributed by atoms with van der Waals surface area (Å²) in [6, 6.07) is 7.25. The smallest absolute Gasteiger partial charge is 0.325 e. The normalized spacial score (nSPS) is 30.9. The van der Waals surface area contributed by atoms with Gasteiger partial charge in [0.15, 0.2) is 5.72 Å². The van der Waals surface area contributed by atoms with E-state index < -0.39 is 11.7 Å². The number of rotatable bonds is 4. The Bertz CT molecular complexity index is 779. The van der Waals surface area contributed by atoms with E-state index in [1.165, 1.54) is 0 Å². The highest BCUT2D eigenvalue weighted by Crippen LogP contribution is 2.52. The molecule has 2 amide bonds. The number of esters is 1. The molecule has 7 nitrogen and oxygen atoms in total. The number of para-hydroxylation sites is 1. The van der Waals surface area contributed by atoms with Crippen molar-refractivity contribution in [2.75, 3.05) is 13.2 Å². The Balaban J connectivity index is 1.46. The largest absolute Gasteiger partial charge is 0.467 e. The molecule has 1 aliphatic heterocycles. The van der Waals surface area contributed by atoms with Crippen molar-refractivity contribution in [1.82, 2.24) is 10.6 Å². The van der Waals surface area contributed by atoms with E-state index in [0.29, 0.717) is 30.8 Å². The Morgan fingerprint density at radius 2 is 2.15 bits per heavy atom. The van der Waals surface area contributed by atoms with Gasteiger partial charge in [-0.1, -0.05) is 12.1 Å². The van der Waals surface area contributed by atoms with Crippen LogP contribution in [-0.2, 0) is 14.3 Å². The van der Waals surface area contributed by atoms with E-state index in [1.54, 1.807) is 13.0 Å². The van der Waals surface area contributed by atoms with Gasteiger partial charge in [0.05, 0.1) is 12.2 Å². The highest BCUT2D eigenvalue weighted by molar-refractivity contribution is 5.98. The highest BCUT2D eigenvalue weighted by Gasteiger charge is 2.57. The van der Waals surface area contributed by atoms with Crippen molar-refractivity contribution in [2.45, 2.75) is 38.3 Å². The Kier molecular flexibility index (Phi) is 4.53. The van der Waals surface area contributed by atoms with Gasteiger partial charge >= 0.3 is 5.97 Å². The van der Waals surface area contributed by atoms with Gasteiger partial charge in [0.25, 0.3) is 5.91 Å². The third-order valence-electron chi connectivity index (χ3n) is 6.02. The molecule has 7 heteroatoms. The third-order valence-corrected chi connectivity index (χ3v) is 6.02. The molecule has 1 spiro atoms. The predicted octanol–water partition coefficient (Wildman–Crippen LogP) is 1.62. The lowest BCUT2D eigenvalue weighted by molar-refractivity contribution is -0.150. The molecule has 27 heavy (non-hydrogen) atoms. The summed E-state index contributed by atoms with van der Waals surface area (Å²) in [6.07, 6.45) is 3.08. The van der Waals surface area contributed by atoms with Crippen LogP contribution in [0.3, 0.4) is 0 Å². The van der Waals surface area contributed by atoms with Crippen LogP contribution in [0.4, 0.5) is 0 Å². The molecular weight excluding hydrogens is 348 g/mol. The maximum Gasteiger partial charge on any atom is 0.325 e. The van der Waals surface area contributed by atoms with Gasteiger partial charge in [-0.25, -0.2) is 0 Å². The minimum absolute atomic E-state index is 0.0677. The standard InChI is InChI=1S/C20H24N2O5/c1-2-26-17(23)11-21-18(24)15-9-13-8-7-12(15)10-20(13)22-19(25)14-5-3-4-6-16(14)27-20/h3-6,12-13,15H,2,7-11H2,1H3,(H,21,24)(H,22,25)/t12-,13+,15-,20+/m1/s1. The number of amides is 2. The number of carbonyl (C=O) groups excluding carboxylic acids is 3. The molecule has 4 aliphatic rings. The van der Waals surface area contributed by atoms with Crippen molar-refractivity contribution in [2.24, 2.45) is 17.8 Å². The maximum absolute atomic E-state index is 12.6. The first-order valence-corrected chi connectivity index (χ1v) is 9.56. The lowest BCUT2D eigenvalue weighted by Crippen LogP contribution is -2.67. The monoisotopic (exact) mass is 372 g/mol. The van der Waals surface area contributed by atoms with Crippen LogP contribution in [0.1, 0.15) is 43.0 Å². The summed E-state index contributed by atoms with van der Waals surface area (Å²) in [7, 11) is 0. The number of hydrogen-bond acceptors (Lipinski definition) is 5. The number of nitrogens with one attached hydrogen (secondary N) is 2. The molecule has 1 aromatic carbocycles. The van der Waals surface area contributed by atoms with Crippen LogP contribution < -0.4 is 15.4 Å². The third kappa shape index (κ3) is 3.15. The zero-order valence-corrected chi connectivity index (χ0v) is 15.3. The van der Waals surface area contributed by atoms with Gasteiger partial charge in [0.1, 0.15) is 12.3 Å². The van der Waals surface area contributed by atoms with Crippen LogP contribution in [0.2, 0.25) is 0 Å². The first-order chi connectivity index (χ1) is 13.0. The number of carbonyl (C=O) groups is 3. The number of hydrogen-bond donors (Lipinski definition) is 2. The van der Waals surface area contributed by atoms with E-state index in [2.05, 4.69) is 10.6 Å². The van der Waals surface area contributed by atoms with Crippen LogP contribution in [-0.4, -0.2) is 36.7 Å². The van der Waals surface area contributed by atoms with Crippen LogP contribution in [0, 0.1) is 17.8 Å². The summed E-state index contributed by atoms with van der Waals surface area (Å²) < 4.78 is 11.1. The summed E-state index contributed by atoms with van der Waals surface area (Å²) in [5.74, 6) is -0.0369. The van der Waals surface area contributed by atoms with Crippen molar-refractivity contribution in [1.29, 1.82) is 0 Å². The summed E-state index contributed by atoms with van der Waals surface area (Å²) in [4.78, 5) is 36.6. The van der Waals surface area contributed by atoms with E-state index in [-0.39, 0.29) is 36.1 Å².